The number of piperidine rings is 1. The molecule has 24 heavy (non-hydrogen) atoms. The molecule has 2 aromatic carbocycles. The summed E-state index contributed by atoms with van der Waals surface area (Å²) in [7, 11) is 0. The zero-order chi connectivity index (χ0) is 16.9. The molecule has 1 heterocycles. The van der Waals surface area contributed by atoms with Gasteiger partial charge in [-0.1, -0.05) is 49.4 Å². The van der Waals surface area contributed by atoms with Crippen molar-refractivity contribution in [3.05, 3.63) is 75.8 Å². The molecule has 4 rings (SSSR count). The number of benzene rings is 2. The minimum Gasteiger partial charge on any atom is -0.338 e. The van der Waals surface area contributed by atoms with Crippen LogP contribution in [-0.4, -0.2) is 22.3 Å². The minimum absolute atomic E-state index is 0.0526. The highest BCUT2D eigenvalue weighted by Gasteiger charge is 2.70. The number of nitro benzene ring substituents is 1. The number of hydrogen-bond acceptors (Lipinski definition) is 3. The summed E-state index contributed by atoms with van der Waals surface area (Å²) in [6.07, 6.45) is 0. The van der Waals surface area contributed by atoms with Gasteiger partial charge in [0.25, 0.3) is 5.69 Å². The van der Waals surface area contributed by atoms with Crippen LogP contribution in [0.2, 0.25) is 0 Å². The summed E-state index contributed by atoms with van der Waals surface area (Å²) in [6.45, 7) is 3.41. The van der Waals surface area contributed by atoms with Gasteiger partial charge in [0, 0.05) is 30.6 Å². The first-order chi connectivity index (χ1) is 11.5. The van der Waals surface area contributed by atoms with E-state index in [0.29, 0.717) is 6.54 Å². The fourth-order valence-electron chi connectivity index (χ4n) is 4.14. The lowest BCUT2D eigenvalue weighted by atomic mass is 9.91. The van der Waals surface area contributed by atoms with Crippen LogP contribution >= 0.6 is 0 Å². The SMILES string of the molecule is CC1(c2cccc([N+](=O)[O-])c2)C2CN(Cc3ccccc3)C(=O)C21. The molecule has 1 aliphatic carbocycles. The Morgan fingerprint density at radius 3 is 2.58 bits per heavy atom. The second kappa shape index (κ2) is 5.16. The third-order valence-corrected chi connectivity index (χ3v) is 5.60. The molecule has 1 saturated heterocycles. The van der Waals surface area contributed by atoms with Crippen molar-refractivity contribution in [1.29, 1.82) is 0 Å². The van der Waals surface area contributed by atoms with Crippen LogP contribution in [0, 0.1) is 22.0 Å². The highest BCUT2D eigenvalue weighted by Crippen LogP contribution is 2.64. The number of hydrogen-bond donors (Lipinski definition) is 0. The van der Waals surface area contributed by atoms with Crippen LogP contribution in [0.3, 0.4) is 0 Å². The van der Waals surface area contributed by atoms with E-state index in [1.165, 1.54) is 6.07 Å². The molecule has 2 aliphatic rings. The van der Waals surface area contributed by atoms with E-state index in [4.69, 9.17) is 0 Å². The Labute approximate surface area is 140 Å². The van der Waals surface area contributed by atoms with Crippen molar-refractivity contribution < 1.29 is 9.72 Å². The van der Waals surface area contributed by atoms with E-state index < -0.39 is 0 Å². The molecule has 3 unspecified atom stereocenters. The van der Waals surface area contributed by atoms with Crippen LogP contribution in [0.4, 0.5) is 5.69 Å². The van der Waals surface area contributed by atoms with Gasteiger partial charge in [0.15, 0.2) is 0 Å². The Balaban J connectivity index is 1.53. The van der Waals surface area contributed by atoms with Gasteiger partial charge in [-0.25, -0.2) is 0 Å². The van der Waals surface area contributed by atoms with Gasteiger partial charge in [0.2, 0.25) is 5.91 Å². The van der Waals surface area contributed by atoms with Crippen molar-refractivity contribution in [3.63, 3.8) is 0 Å². The van der Waals surface area contributed by atoms with Gasteiger partial charge in [-0.3, -0.25) is 14.9 Å². The maximum absolute atomic E-state index is 12.8. The van der Waals surface area contributed by atoms with Gasteiger partial charge in [0.05, 0.1) is 10.8 Å². The van der Waals surface area contributed by atoms with E-state index >= 15 is 0 Å². The first-order valence-corrected chi connectivity index (χ1v) is 8.09. The van der Waals surface area contributed by atoms with Crippen molar-refractivity contribution in [2.45, 2.75) is 18.9 Å². The van der Waals surface area contributed by atoms with Crippen molar-refractivity contribution in [3.8, 4) is 0 Å². The Hall–Kier alpha value is -2.69. The Kier molecular flexibility index (Phi) is 3.20. The maximum atomic E-state index is 12.8. The monoisotopic (exact) mass is 322 g/mol. The molecule has 0 N–H and O–H groups in total. The number of nitro groups is 1. The number of amides is 1. The Bertz CT molecular complexity index is 820. The Morgan fingerprint density at radius 2 is 1.96 bits per heavy atom. The van der Waals surface area contributed by atoms with E-state index in [0.717, 1.165) is 17.7 Å². The second-order valence-corrected chi connectivity index (χ2v) is 6.88. The normalized spacial score (nSPS) is 27.9. The molecular formula is C19H18N2O3. The van der Waals surface area contributed by atoms with Crippen LogP contribution in [0.15, 0.2) is 54.6 Å². The summed E-state index contributed by atoms with van der Waals surface area (Å²) in [6, 6.07) is 16.7. The zero-order valence-electron chi connectivity index (χ0n) is 13.4. The first kappa shape index (κ1) is 14.9. The van der Waals surface area contributed by atoms with Crippen LogP contribution in [0.1, 0.15) is 18.1 Å². The minimum atomic E-state index is -0.380. The average molecular weight is 322 g/mol. The lowest BCUT2D eigenvalue weighted by Gasteiger charge is -2.24. The zero-order valence-corrected chi connectivity index (χ0v) is 13.4. The van der Waals surface area contributed by atoms with Crippen molar-refractivity contribution in [1.82, 2.24) is 4.90 Å². The third kappa shape index (κ3) is 2.12. The van der Waals surface area contributed by atoms with Gasteiger partial charge >= 0.3 is 0 Å². The summed E-state index contributed by atoms with van der Waals surface area (Å²) in [4.78, 5) is 25.3. The summed E-state index contributed by atoms with van der Waals surface area (Å²) < 4.78 is 0. The summed E-state index contributed by atoms with van der Waals surface area (Å²) >= 11 is 0. The van der Waals surface area contributed by atoms with Crippen molar-refractivity contribution in [2.75, 3.05) is 6.54 Å². The van der Waals surface area contributed by atoms with Gasteiger partial charge in [-0.05, 0) is 17.0 Å². The van der Waals surface area contributed by atoms with Crippen LogP contribution < -0.4 is 0 Å². The second-order valence-electron chi connectivity index (χ2n) is 6.88. The highest BCUT2D eigenvalue weighted by molar-refractivity contribution is 5.88. The lowest BCUT2D eigenvalue weighted by Crippen LogP contribution is -2.33. The standard InChI is InChI=1S/C19H18N2O3/c1-19(14-8-5-9-15(10-14)21(23)24)16-12-20(18(22)17(16)19)11-13-6-3-2-4-7-13/h2-10,16-17H,11-12H2,1H3. The number of nitrogens with zero attached hydrogens (tertiary/aromatic N) is 2. The van der Waals surface area contributed by atoms with Crippen LogP contribution in [0.25, 0.3) is 0 Å². The highest BCUT2D eigenvalue weighted by atomic mass is 16.6. The molecule has 1 saturated carbocycles. The quantitative estimate of drug-likeness (QED) is 0.641. The number of carbonyl (C=O) groups is 1. The summed E-state index contributed by atoms with van der Waals surface area (Å²) in [5.74, 6) is 0.358. The summed E-state index contributed by atoms with van der Waals surface area (Å²) in [5, 5.41) is 11.0. The molecule has 2 fully saturated rings. The first-order valence-electron chi connectivity index (χ1n) is 8.09. The molecule has 2 aromatic rings. The molecule has 5 nitrogen and oxygen atoms in total. The van der Waals surface area contributed by atoms with E-state index in [1.54, 1.807) is 12.1 Å². The fraction of sp³-hybridized carbons (Fsp3) is 0.316. The molecule has 0 aromatic heterocycles. The molecule has 0 spiro atoms. The van der Waals surface area contributed by atoms with Crippen LogP contribution in [0.5, 0.6) is 0 Å². The molecule has 122 valence electrons. The third-order valence-electron chi connectivity index (χ3n) is 5.60. The molecule has 1 amide bonds. The summed E-state index contributed by atoms with van der Waals surface area (Å²) in [5.41, 5.74) is 1.85. The Morgan fingerprint density at radius 1 is 1.21 bits per heavy atom. The number of likely N-dealkylation sites (tertiary alicyclic amines) is 1. The van der Waals surface area contributed by atoms with E-state index in [1.807, 2.05) is 41.3 Å². The smallest absolute Gasteiger partial charge is 0.269 e. The lowest BCUT2D eigenvalue weighted by molar-refractivity contribution is -0.384. The van der Waals surface area contributed by atoms with Crippen LogP contribution in [-0.2, 0) is 16.8 Å². The largest absolute Gasteiger partial charge is 0.338 e. The molecule has 3 atom stereocenters. The van der Waals surface area contributed by atoms with Crippen molar-refractivity contribution in [2.24, 2.45) is 11.8 Å². The molecule has 1 aliphatic heterocycles. The van der Waals surface area contributed by atoms with Gasteiger partial charge < -0.3 is 4.90 Å². The molecular weight excluding hydrogens is 304 g/mol. The topological polar surface area (TPSA) is 63.5 Å². The number of rotatable bonds is 4. The molecule has 0 radical (unpaired) electrons. The van der Waals surface area contributed by atoms with E-state index in [9.17, 15) is 14.9 Å². The van der Waals surface area contributed by atoms with E-state index in [2.05, 4.69) is 6.92 Å². The average Bonchev–Trinajstić information content (AvgIpc) is 3.04. The number of fused-ring (bicyclic) bond motifs is 1. The maximum Gasteiger partial charge on any atom is 0.269 e. The number of non-ortho nitro benzene ring substituents is 1. The van der Waals surface area contributed by atoms with E-state index in [-0.39, 0.29) is 33.8 Å². The fourth-order valence-corrected chi connectivity index (χ4v) is 4.14. The molecule has 5 heteroatoms. The molecule has 0 bridgehead atoms. The van der Waals surface area contributed by atoms with Gasteiger partial charge in [-0.2, -0.15) is 0 Å². The van der Waals surface area contributed by atoms with Crippen molar-refractivity contribution >= 4 is 11.6 Å². The predicted molar refractivity (Wildman–Crippen MR) is 89.3 cm³/mol. The predicted octanol–water partition coefficient (Wildman–Crippen LogP) is 3.14. The van der Waals surface area contributed by atoms with Gasteiger partial charge in [0.1, 0.15) is 0 Å². The van der Waals surface area contributed by atoms with Gasteiger partial charge in [-0.15, -0.1) is 0 Å². The number of carbonyl (C=O) groups excluding carboxylic acids is 1.